The Bertz CT molecular complexity index is 1250. The molecule has 0 aliphatic carbocycles. The van der Waals surface area contributed by atoms with E-state index < -0.39 is 0 Å². The Kier molecular flexibility index (Phi) is 7.73. The predicted molar refractivity (Wildman–Crippen MR) is 139 cm³/mol. The van der Waals surface area contributed by atoms with Crippen LogP contribution in [0.3, 0.4) is 0 Å². The van der Waals surface area contributed by atoms with E-state index >= 15 is 0 Å². The molecule has 0 radical (unpaired) electrons. The fraction of sp³-hybridized carbons (Fsp3) is 0.207. The summed E-state index contributed by atoms with van der Waals surface area (Å²) in [6.07, 6.45) is 2.29. The van der Waals surface area contributed by atoms with Gasteiger partial charge in [0.1, 0.15) is 6.54 Å². The second kappa shape index (κ2) is 11.3. The van der Waals surface area contributed by atoms with Crippen molar-refractivity contribution >= 4 is 17.8 Å². The van der Waals surface area contributed by atoms with Crippen molar-refractivity contribution in [2.45, 2.75) is 26.8 Å². The maximum absolute atomic E-state index is 13.2. The zero-order valence-corrected chi connectivity index (χ0v) is 20.1. The van der Waals surface area contributed by atoms with Crippen molar-refractivity contribution < 1.29 is 9.59 Å². The van der Waals surface area contributed by atoms with Crippen molar-refractivity contribution in [3.8, 4) is 16.9 Å². The lowest BCUT2D eigenvalue weighted by atomic mass is 10.1. The highest BCUT2D eigenvalue weighted by atomic mass is 16.2. The van der Waals surface area contributed by atoms with E-state index in [4.69, 9.17) is 4.98 Å². The molecule has 178 valence electrons. The van der Waals surface area contributed by atoms with Gasteiger partial charge < -0.3 is 4.90 Å². The number of aromatic nitrogens is 2. The molecule has 0 bridgehead atoms. The van der Waals surface area contributed by atoms with E-state index in [1.54, 1.807) is 4.90 Å². The summed E-state index contributed by atoms with van der Waals surface area (Å²) in [4.78, 5) is 32.4. The summed E-state index contributed by atoms with van der Waals surface area (Å²) in [5, 5.41) is 2.94. The molecule has 1 heterocycles. The molecule has 0 saturated carbocycles. The van der Waals surface area contributed by atoms with E-state index in [0.29, 0.717) is 18.9 Å². The fourth-order valence-electron chi connectivity index (χ4n) is 3.85. The quantitative estimate of drug-likeness (QED) is 0.352. The van der Waals surface area contributed by atoms with Crippen molar-refractivity contribution in [1.29, 1.82) is 0 Å². The van der Waals surface area contributed by atoms with E-state index in [0.717, 1.165) is 22.5 Å². The van der Waals surface area contributed by atoms with Crippen LogP contribution in [0.2, 0.25) is 0 Å². The molecule has 1 N–H and O–H groups in total. The molecule has 0 atom stereocenters. The Morgan fingerprint density at radius 3 is 2.11 bits per heavy atom. The fourth-order valence-corrected chi connectivity index (χ4v) is 3.85. The van der Waals surface area contributed by atoms with Crippen LogP contribution in [0.1, 0.15) is 25.8 Å². The molecule has 4 rings (SSSR count). The molecule has 4 aromatic rings. The zero-order valence-electron chi connectivity index (χ0n) is 20.1. The van der Waals surface area contributed by atoms with Gasteiger partial charge in [0.2, 0.25) is 17.8 Å². The average molecular weight is 467 g/mol. The summed E-state index contributed by atoms with van der Waals surface area (Å²) in [5.41, 5.74) is 3.57. The van der Waals surface area contributed by atoms with Crippen molar-refractivity contribution in [2.75, 3.05) is 11.9 Å². The summed E-state index contributed by atoms with van der Waals surface area (Å²) in [6, 6.07) is 29.3. The first-order chi connectivity index (χ1) is 17.0. The summed E-state index contributed by atoms with van der Waals surface area (Å²) in [7, 11) is 0. The first-order valence-electron chi connectivity index (χ1n) is 11.8. The van der Waals surface area contributed by atoms with Crippen LogP contribution in [-0.2, 0) is 16.1 Å². The Balaban J connectivity index is 1.58. The molecule has 2 amide bonds. The smallest absolute Gasteiger partial charge is 0.246 e. The average Bonchev–Trinajstić information content (AvgIpc) is 3.28. The van der Waals surface area contributed by atoms with Crippen LogP contribution in [0, 0.1) is 5.92 Å². The Morgan fingerprint density at radius 1 is 0.886 bits per heavy atom. The van der Waals surface area contributed by atoms with Gasteiger partial charge >= 0.3 is 0 Å². The van der Waals surface area contributed by atoms with Crippen LogP contribution in [-0.4, -0.2) is 32.8 Å². The molecule has 1 aromatic heterocycles. The number of nitrogens with one attached hydrogen (secondary N) is 1. The largest absolute Gasteiger partial charge is 0.329 e. The van der Waals surface area contributed by atoms with Crippen LogP contribution < -0.4 is 5.32 Å². The molecule has 0 saturated heterocycles. The lowest BCUT2D eigenvalue weighted by molar-refractivity contribution is -0.136. The predicted octanol–water partition coefficient (Wildman–Crippen LogP) is 5.55. The number of para-hydroxylation sites is 1. The van der Waals surface area contributed by atoms with Crippen molar-refractivity contribution in [1.82, 2.24) is 14.5 Å². The maximum atomic E-state index is 13.2. The van der Waals surface area contributed by atoms with Gasteiger partial charge in [-0.15, -0.1) is 0 Å². The van der Waals surface area contributed by atoms with Gasteiger partial charge in [0.05, 0.1) is 5.69 Å². The number of amides is 2. The van der Waals surface area contributed by atoms with Gasteiger partial charge in [0.15, 0.2) is 0 Å². The Labute approximate surface area is 206 Å². The molecule has 0 fully saturated rings. The van der Waals surface area contributed by atoms with Gasteiger partial charge in [0.25, 0.3) is 0 Å². The number of hydrogen-bond acceptors (Lipinski definition) is 3. The third-order valence-electron chi connectivity index (χ3n) is 5.55. The van der Waals surface area contributed by atoms with E-state index in [1.165, 1.54) is 0 Å². The van der Waals surface area contributed by atoms with E-state index in [1.807, 2.05) is 116 Å². The summed E-state index contributed by atoms with van der Waals surface area (Å²) in [5.74, 6) is 0.279. The number of nitrogens with zero attached hydrogens (tertiary/aromatic N) is 3. The normalized spacial score (nSPS) is 10.8. The molecule has 6 nitrogen and oxygen atoms in total. The zero-order chi connectivity index (χ0) is 24.6. The first-order valence-corrected chi connectivity index (χ1v) is 11.8. The lowest BCUT2D eigenvalue weighted by Gasteiger charge is -2.23. The third kappa shape index (κ3) is 6.44. The molecule has 3 aromatic carbocycles. The molecule has 0 spiro atoms. The standard InChI is InChI=1S/C29H30N4O2/c1-22(2)18-28(35)32(19-23-12-6-3-7-13-23)21-27(34)31-29-30-26(24-14-8-4-9-15-24)20-33(29)25-16-10-5-11-17-25/h3-17,20,22H,18-19,21H2,1-2H3,(H,30,31,34). The van der Waals surface area contributed by atoms with Crippen LogP contribution in [0.5, 0.6) is 0 Å². The first kappa shape index (κ1) is 24.0. The number of carbonyl (C=O) groups excluding carboxylic acids is 2. The topological polar surface area (TPSA) is 67.2 Å². The molecule has 0 aliphatic heterocycles. The van der Waals surface area contributed by atoms with E-state index in [-0.39, 0.29) is 24.3 Å². The second-order valence-electron chi connectivity index (χ2n) is 8.90. The number of carbonyl (C=O) groups is 2. The maximum Gasteiger partial charge on any atom is 0.246 e. The molecule has 0 unspecified atom stereocenters. The van der Waals surface area contributed by atoms with Gasteiger partial charge in [0, 0.05) is 30.4 Å². The number of benzene rings is 3. The molecular formula is C29H30N4O2. The summed E-state index contributed by atoms with van der Waals surface area (Å²) in [6.45, 7) is 4.33. The Morgan fingerprint density at radius 2 is 1.49 bits per heavy atom. The van der Waals surface area contributed by atoms with Gasteiger partial charge in [-0.3, -0.25) is 19.5 Å². The number of anilines is 1. The minimum atomic E-state index is -0.291. The van der Waals surface area contributed by atoms with Crippen molar-refractivity contribution in [2.24, 2.45) is 5.92 Å². The van der Waals surface area contributed by atoms with Crippen LogP contribution in [0.25, 0.3) is 16.9 Å². The highest BCUT2D eigenvalue weighted by Crippen LogP contribution is 2.24. The number of imidazole rings is 1. The van der Waals surface area contributed by atoms with E-state index in [9.17, 15) is 9.59 Å². The van der Waals surface area contributed by atoms with E-state index in [2.05, 4.69) is 5.32 Å². The third-order valence-corrected chi connectivity index (χ3v) is 5.55. The van der Waals surface area contributed by atoms with Gasteiger partial charge in [-0.1, -0.05) is 92.7 Å². The molecular weight excluding hydrogens is 436 g/mol. The number of rotatable bonds is 9. The second-order valence-corrected chi connectivity index (χ2v) is 8.90. The summed E-state index contributed by atoms with van der Waals surface area (Å²) >= 11 is 0. The van der Waals surface area contributed by atoms with Crippen molar-refractivity contribution in [3.63, 3.8) is 0 Å². The highest BCUT2D eigenvalue weighted by molar-refractivity contribution is 5.94. The van der Waals surface area contributed by atoms with Crippen LogP contribution in [0.4, 0.5) is 5.95 Å². The lowest BCUT2D eigenvalue weighted by Crippen LogP contribution is -2.38. The molecule has 0 aliphatic rings. The monoisotopic (exact) mass is 466 g/mol. The Hall–Kier alpha value is -4.19. The van der Waals surface area contributed by atoms with Crippen molar-refractivity contribution in [3.05, 3.63) is 103 Å². The molecule has 35 heavy (non-hydrogen) atoms. The van der Waals surface area contributed by atoms with Gasteiger partial charge in [-0.05, 0) is 23.6 Å². The highest BCUT2D eigenvalue weighted by Gasteiger charge is 2.20. The van der Waals surface area contributed by atoms with Gasteiger partial charge in [-0.25, -0.2) is 4.98 Å². The molecule has 6 heteroatoms. The number of hydrogen-bond donors (Lipinski definition) is 1. The van der Waals surface area contributed by atoms with Crippen LogP contribution >= 0.6 is 0 Å². The minimum Gasteiger partial charge on any atom is -0.329 e. The minimum absolute atomic E-state index is 0.0459. The summed E-state index contributed by atoms with van der Waals surface area (Å²) < 4.78 is 1.86. The SMILES string of the molecule is CC(C)CC(=O)N(CC(=O)Nc1nc(-c2ccccc2)cn1-c1ccccc1)Cc1ccccc1. The van der Waals surface area contributed by atoms with Gasteiger partial charge in [-0.2, -0.15) is 0 Å². The van der Waals surface area contributed by atoms with Crippen LogP contribution in [0.15, 0.2) is 97.2 Å².